The largest absolute Gasteiger partial charge is 0.491 e. The number of hydrogen-bond donors (Lipinski definition) is 1. The molecule has 7 heteroatoms. The van der Waals surface area contributed by atoms with Gasteiger partial charge in [-0.3, -0.25) is 4.79 Å². The predicted molar refractivity (Wildman–Crippen MR) is 91.5 cm³/mol. The van der Waals surface area contributed by atoms with Gasteiger partial charge in [0.25, 0.3) is 0 Å². The summed E-state index contributed by atoms with van der Waals surface area (Å²) >= 11 is 0. The minimum Gasteiger partial charge on any atom is -0.491 e. The van der Waals surface area contributed by atoms with Crippen molar-refractivity contribution in [3.05, 3.63) is 29.8 Å². The zero-order valence-electron chi connectivity index (χ0n) is 14.2. The van der Waals surface area contributed by atoms with Gasteiger partial charge in [0, 0.05) is 27.3 Å². The quantitative estimate of drug-likeness (QED) is 0.485. The van der Waals surface area contributed by atoms with Crippen LogP contribution in [0.1, 0.15) is 18.2 Å². The topological polar surface area (TPSA) is 89.2 Å². The normalized spacial score (nSPS) is 10.7. The van der Waals surface area contributed by atoms with Gasteiger partial charge < -0.3 is 29.4 Å². The molecule has 1 aromatic rings. The van der Waals surface area contributed by atoms with Crippen LogP contribution in [-0.2, 0) is 18.9 Å². The van der Waals surface area contributed by atoms with Gasteiger partial charge in [-0.05, 0) is 30.7 Å². The monoisotopic (exact) mass is 343 g/mol. The highest BCUT2D eigenvalue weighted by Gasteiger charge is 2.00. The van der Waals surface area contributed by atoms with E-state index >= 15 is 0 Å². The zero-order chi connectivity index (χ0) is 17.5. The lowest BCUT2D eigenvalue weighted by molar-refractivity contribution is 0.00668. The molecule has 138 valence electrons. The first-order valence-electron chi connectivity index (χ1n) is 7.99. The van der Waals surface area contributed by atoms with Crippen molar-refractivity contribution in [3.63, 3.8) is 0 Å². The molecule has 0 fully saturated rings. The first-order valence-corrected chi connectivity index (χ1v) is 7.99. The van der Waals surface area contributed by atoms with E-state index in [4.69, 9.17) is 29.4 Å². The number of rotatable bonds is 15. The van der Waals surface area contributed by atoms with E-state index in [1.54, 1.807) is 31.4 Å². The zero-order valence-corrected chi connectivity index (χ0v) is 14.2. The molecule has 0 saturated carbocycles. The van der Waals surface area contributed by atoms with E-state index in [1.165, 1.54) is 0 Å². The lowest BCUT2D eigenvalue weighted by atomic mass is 10.2. The Morgan fingerprint density at radius 1 is 0.875 bits per heavy atom. The molecule has 0 unspecified atom stereocenters. The molecular formula is C17H29NO6. The fourth-order valence-electron chi connectivity index (χ4n) is 1.78. The highest BCUT2D eigenvalue weighted by molar-refractivity contribution is 5.92. The number of primary amides is 1. The van der Waals surface area contributed by atoms with Crippen molar-refractivity contribution in [2.45, 2.75) is 6.42 Å². The fraction of sp³-hybridized carbons (Fsp3) is 0.588. The number of nitrogens with two attached hydrogens (primary N) is 1. The summed E-state index contributed by atoms with van der Waals surface area (Å²) in [6.45, 7) is 4.46. The third-order valence-corrected chi connectivity index (χ3v) is 3.02. The Kier molecular flexibility index (Phi) is 11.7. The maximum atomic E-state index is 10.9. The molecule has 0 aliphatic heterocycles. The number of carbonyl (C=O) groups excluding carboxylic acids is 1. The van der Waals surface area contributed by atoms with Crippen LogP contribution in [0.3, 0.4) is 0 Å². The van der Waals surface area contributed by atoms with Crippen LogP contribution in [0.4, 0.5) is 0 Å². The highest BCUT2D eigenvalue weighted by Crippen LogP contribution is 2.11. The standard InChI is InChI=1S/C17H27NO6.H2/c1-20-7-2-8-21-9-10-22-11-12-23-13-14-24-16-5-3-15(4-6-16)17(18)19;/h3-6H,2,7-14H2,1H3,(H2,18,19);1H. The molecule has 7 nitrogen and oxygen atoms in total. The van der Waals surface area contributed by atoms with Crippen LogP contribution >= 0.6 is 0 Å². The highest BCUT2D eigenvalue weighted by atomic mass is 16.6. The molecule has 0 heterocycles. The maximum absolute atomic E-state index is 10.9. The Morgan fingerprint density at radius 3 is 1.96 bits per heavy atom. The van der Waals surface area contributed by atoms with Gasteiger partial charge in [0.2, 0.25) is 5.91 Å². The van der Waals surface area contributed by atoms with Crippen LogP contribution in [0.25, 0.3) is 0 Å². The summed E-state index contributed by atoms with van der Waals surface area (Å²) < 4.78 is 26.5. The van der Waals surface area contributed by atoms with Crippen LogP contribution in [0.15, 0.2) is 24.3 Å². The second-order valence-corrected chi connectivity index (χ2v) is 4.92. The van der Waals surface area contributed by atoms with E-state index in [1.807, 2.05) is 0 Å². The smallest absolute Gasteiger partial charge is 0.248 e. The molecule has 0 atom stereocenters. The van der Waals surface area contributed by atoms with Crippen LogP contribution in [0.2, 0.25) is 0 Å². The molecule has 1 aromatic carbocycles. The van der Waals surface area contributed by atoms with Gasteiger partial charge in [-0.1, -0.05) is 0 Å². The van der Waals surface area contributed by atoms with Crippen molar-refractivity contribution in [1.29, 1.82) is 0 Å². The van der Waals surface area contributed by atoms with E-state index in [9.17, 15) is 4.79 Å². The number of hydrogen-bond acceptors (Lipinski definition) is 6. The van der Waals surface area contributed by atoms with E-state index in [0.717, 1.165) is 6.42 Å². The number of ether oxygens (including phenoxy) is 5. The Bertz CT molecular complexity index is 443. The number of methoxy groups -OCH3 is 1. The SMILES string of the molecule is COCCCOCCOCCOCCOc1ccc(C(N)=O)cc1.[HH]. The summed E-state index contributed by atoms with van der Waals surface area (Å²) in [6.07, 6.45) is 0.894. The van der Waals surface area contributed by atoms with E-state index in [0.29, 0.717) is 64.2 Å². The van der Waals surface area contributed by atoms with Gasteiger partial charge in [-0.25, -0.2) is 0 Å². The van der Waals surface area contributed by atoms with E-state index < -0.39 is 5.91 Å². The summed E-state index contributed by atoms with van der Waals surface area (Å²) in [5.74, 6) is 0.218. The lowest BCUT2D eigenvalue weighted by Crippen LogP contribution is -2.13. The molecule has 2 N–H and O–H groups in total. The summed E-state index contributed by atoms with van der Waals surface area (Å²) in [4.78, 5) is 10.9. The molecular weight excluding hydrogens is 314 g/mol. The first-order chi connectivity index (χ1) is 11.7. The van der Waals surface area contributed by atoms with Crippen molar-refractivity contribution in [2.75, 3.05) is 60.0 Å². The van der Waals surface area contributed by atoms with Crippen molar-refractivity contribution >= 4 is 5.91 Å². The van der Waals surface area contributed by atoms with Gasteiger partial charge in [0.1, 0.15) is 12.4 Å². The van der Waals surface area contributed by atoms with Gasteiger partial charge in [0.15, 0.2) is 0 Å². The summed E-state index contributed by atoms with van der Waals surface area (Å²) in [6, 6.07) is 6.67. The predicted octanol–water partition coefficient (Wildman–Crippen LogP) is 1.50. The van der Waals surface area contributed by atoms with Gasteiger partial charge in [0.05, 0.1) is 33.0 Å². The number of benzene rings is 1. The molecule has 0 saturated heterocycles. The maximum Gasteiger partial charge on any atom is 0.248 e. The Balaban J connectivity index is 0.00000576. The van der Waals surface area contributed by atoms with Crippen molar-refractivity contribution in [2.24, 2.45) is 5.73 Å². The second kappa shape index (κ2) is 13.7. The average molecular weight is 343 g/mol. The molecule has 0 aliphatic carbocycles. The number of amides is 1. The first kappa shape index (κ1) is 20.4. The van der Waals surface area contributed by atoms with Crippen molar-refractivity contribution in [3.8, 4) is 5.75 Å². The lowest BCUT2D eigenvalue weighted by Gasteiger charge is -2.08. The molecule has 0 aromatic heterocycles. The minimum absolute atomic E-state index is 0. The molecule has 0 radical (unpaired) electrons. The Hall–Kier alpha value is -1.67. The molecule has 0 aliphatic rings. The molecule has 1 amide bonds. The van der Waals surface area contributed by atoms with Gasteiger partial charge in [-0.2, -0.15) is 0 Å². The van der Waals surface area contributed by atoms with Crippen LogP contribution in [0, 0.1) is 0 Å². The molecule has 1 rings (SSSR count). The minimum atomic E-state index is -0.453. The second-order valence-electron chi connectivity index (χ2n) is 4.92. The van der Waals surface area contributed by atoms with E-state index in [2.05, 4.69) is 0 Å². The molecule has 0 bridgehead atoms. The average Bonchev–Trinajstić information content (AvgIpc) is 2.59. The van der Waals surface area contributed by atoms with Crippen molar-refractivity contribution < 1.29 is 29.9 Å². The number of carbonyl (C=O) groups is 1. The summed E-state index contributed by atoms with van der Waals surface area (Å²) in [7, 11) is 1.67. The van der Waals surface area contributed by atoms with Crippen LogP contribution < -0.4 is 10.5 Å². The Labute approximate surface area is 144 Å². The summed E-state index contributed by atoms with van der Waals surface area (Å²) in [5.41, 5.74) is 5.62. The van der Waals surface area contributed by atoms with Gasteiger partial charge >= 0.3 is 0 Å². The van der Waals surface area contributed by atoms with Crippen molar-refractivity contribution in [1.82, 2.24) is 0 Å². The van der Waals surface area contributed by atoms with Crippen LogP contribution in [-0.4, -0.2) is 65.9 Å². The third kappa shape index (κ3) is 10.2. The molecule has 0 spiro atoms. The van der Waals surface area contributed by atoms with Gasteiger partial charge in [-0.15, -0.1) is 0 Å². The van der Waals surface area contributed by atoms with Crippen LogP contribution in [0.5, 0.6) is 5.75 Å². The fourth-order valence-corrected chi connectivity index (χ4v) is 1.78. The Morgan fingerprint density at radius 2 is 1.42 bits per heavy atom. The molecule has 24 heavy (non-hydrogen) atoms. The van der Waals surface area contributed by atoms with E-state index in [-0.39, 0.29) is 1.43 Å². The third-order valence-electron chi connectivity index (χ3n) is 3.02. The summed E-state index contributed by atoms with van der Waals surface area (Å²) in [5, 5.41) is 0.